The molecule has 1 N–H and O–H groups in total. The third-order valence-electron chi connectivity index (χ3n) is 5.49. The number of fused-ring (bicyclic) bond motifs is 2. The van der Waals surface area contributed by atoms with E-state index in [-0.39, 0.29) is 11.4 Å². The molecule has 0 saturated carbocycles. The summed E-state index contributed by atoms with van der Waals surface area (Å²) in [6.45, 7) is 2.00. The van der Waals surface area contributed by atoms with Gasteiger partial charge >= 0.3 is 0 Å². The molecule has 0 unspecified atom stereocenters. The number of nitrogens with zero attached hydrogens (tertiary/aromatic N) is 4. The van der Waals surface area contributed by atoms with Gasteiger partial charge in [-0.3, -0.25) is 14.7 Å². The minimum absolute atomic E-state index is 0.0949. The molecule has 1 aliphatic heterocycles. The van der Waals surface area contributed by atoms with Crippen molar-refractivity contribution in [3.05, 3.63) is 81.8 Å². The van der Waals surface area contributed by atoms with Crippen LogP contribution in [0.3, 0.4) is 0 Å². The van der Waals surface area contributed by atoms with Crippen molar-refractivity contribution in [3.8, 4) is 11.5 Å². The number of rotatable bonds is 3. The van der Waals surface area contributed by atoms with Crippen LogP contribution in [0, 0.1) is 5.82 Å². The van der Waals surface area contributed by atoms with Crippen molar-refractivity contribution >= 4 is 10.9 Å². The zero-order chi connectivity index (χ0) is 20.0. The second-order valence-electron chi connectivity index (χ2n) is 7.44. The van der Waals surface area contributed by atoms with Crippen molar-refractivity contribution in [3.63, 3.8) is 0 Å². The van der Waals surface area contributed by atoms with Crippen molar-refractivity contribution in [1.29, 1.82) is 0 Å². The van der Waals surface area contributed by atoms with Crippen LogP contribution in [-0.4, -0.2) is 31.0 Å². The van der Waals surface area contributed by atoms with E-state index in [0.29, 0.717) is 31.0 Å². The zero-order valence-electron chi connectivity index (χ0n) is 16.0. The molecule has 0 spiro atoms. The number of hydrogen-bond acceptors (Lipinski definition) is 4. The SMILES string of the molecule is Cn1cc(CN2CCc3c(nc(-c4ccccn4)[nH]c3=O)C2)c2cc(F)ccc21. The molecule has 146 valence electrons. The molecule has 4 heterocycles. The third-order valence-corrected chi connectivity index (χ3v) is 5.49. The summed E-state index contributed by atoms with van der Waals surface area (Å²) in [5, 5.41) is 0.923. The van der Waals surface area contributed by atoms with Crippen molar-refractivity contribution in [2.45, 2.75) is 19.5 Å². The van der Waals surface area contributed by atoms with E-state index in [4.69, 9.17) is 4.98 Å². The van der Waals surface area contributed by atoms with Crippen LogP contribution < -0.4 is 5.56 Å². The van der Waals surface area contributed by atoms with Gasteiger partial charge < -0.3 is 9.55 Å². The van der Waals surface area contributed by atoms with Crippen LogP contribution in [0.25, 0.3) is 22.4 Å². The second kappa shape index (κ2) is 6.93. The number of aromatic nitrogens is 4. The van der Waals surface area contributed by atoms with E-state index >= 15 is 0 Å². The molecular formula is C22H20FN5O. The van der Waals surface area contributed by atoms with Crippen LogP contribution >= 0.6 is 0 Å². The highest BCUT2D eigenvalue weighted by Crippen LogP contribution is 2.25. The molecule has 6 nitrogen and oxygen atoms in total. The first-order chi connectivity index (χ1) is 14.1. The molecule has 0 radical (unpaired) electrons. The van der Waals surface area contributed by atoms with E-state index < -0.39 is 0 Å². The number of aryl methyl sites for hydroxylation is 1. The fourth-order valence-electron chi connectivity index (χ4n) is 4.07. The second-order valence-corrected chi connectivity index (χ2v) is 7.44. The monoisotopic (exact) mass is 389 g/mol. The van der Waals surface area contributed by atoms with E-state index in [1.54, 1.807) is 18.3 Å². The van der Waals surface area contributed by atoms with Gasteiger partial charge in [-0.05, 0) is 42.3 Å². The van der Waals surface area contributed by atoms with Gasteiger partial charge in [0.05, 0.1) is 5.69 Å². The number of aromatic amines is 1. The highest BCUT2D eigenvalue weighted by atomic mass is 19.1. The van der Waals surface area contributed by atoms with E-state index in [2.05, 4.69) is 14.9 Å². The summed E-state index contributed by atoms with van der Waals surface area (Å²) in [4.78, 5) is 26.6. The van der Waals surface area contributed by atoms with E-state index in [1.807, 2.05) is 36.0 Å². The highest BCUT2D eigenvalue weighted by Gasteiger charge is 2.22. The van der Waals surface area contributed by atoms with Gasteiger partial charge in [0, 0.05) is 55.5 Å². The Morgan fingerprint density at radius 2 is 2.14 bits per heavy atom. The van der Waals surface area contributed by atoms with Crippen LogP contribution in [0.5, 0.6) is 0 Å². The third kappa shape index (κ3) is 3.23. The molecule has 0 fully saturated rings. The standard InChI is InChI=1S/C22H20FN5O/c1-27-11-14(17-10-15(23)5-6-20(17)27)12-28-9-7-16-19(13-28)25-21(26-22(16)29)18-4-2-3-8-24-18/h2-6,8,10-11H,7,9,12-13H2,1H3,(H,25,26,29). The molecule has 5 rings (SSSR count). The topological polar surface area (TPSA) is 66.8 Å². The van der Waals surface area contributed by atoms with Gasteiger partial charge in [0.1, 0.15) is 11.5 Å². The van der Waals surface area contributed by atoms with Gasteiger partial charge in [0.15, 0.2) is 5.82 Å². The predicted octanol–water partition coefficient (Wildman–Crippen LogP) is 3.02. The Bertz CT molecular complexity index is 1260. The van der Waals surface area contributed by atoms with E-state index in [0.717, 1.165) is 34.3 Å². The van der Waals surface area contributed by atoms with Crippen molar-refractivity contribution in [2.24, 2.45) is 7.05 Å². The first-order valence-corrected chi connectivity index (χ1v) is 9.58. The number of halogens is 1. The average molecular weight is 389 g/mol. The van der Waals surface area contributed by atoms with Crippen LogP contribution in [0.1, 0.15) is 16.8 Å². The Labute approximate surface area is 166 Å². The van der Waals surface area contributed by atoms with E-state index in [1.165, 1.54) is 6.07 Å². The summed E-state index contributed by atoms with van der Waals surface area (Å²) in [6.07, 6.45) is 4.37. The molecule has 7 heteroatoms. The smallest absolute Gasteiger partial charge is 0.254 e. The lowest BCUT2D eigenvalue weighted by Crippen LogP contribution is -2.35. The fourth-order valence-corrected chi connectivity index (χ4v) is 4.07. The summed E-state index contributed by atoms with van der Waals surface area (Å²) in [7, 11) is 1.97. The number of pyridine rings is 1. The summed E-state index contributed by atoms with van der Waals surface area (Å²) in [5.74, 6) is 0.255. The lowest BCUT2D eigenvalue weighted by atomic mass is 10.1. The molecule has 4 aromatic rings. The van der Waals surface area contributed by atoms with Crippen LogP contribution in [0.2, 0.25) is 0 Å². The highest BCUT2D eigenvalue weighted by molar-refractivity contribution is 5.84. The Balaban J connectivity index is 1.46. The molecule has 0 saturated heterocycles. The van der Waals surface area contributed by atoms with Gasteiger partial charge in [-0.1, -0.05) is 6.07 Å². The minimum atomic E-state index is -0.234. The lowest BCUT2D eigenvalue weighted by molar-refractivity contribution is 0.241. The minimum Gasteiger partial charge on any atom is -0.350 e. The predicted molar refractivity (Wildman–Crippen MR) is 109 cm³/mol. The fraction of sp³-hybridized carbons (Fsp3) is 0.227. The molecule has 3 aromatic heterocycles. The van der Waals surface area contributed by atoms with Gasteiger partial charge in [-0.25, -0.2) is 9.37 Å². The maximum Gasteiger partial charge on any atom is 0.254 e. The van der Waals surface area contributed by atoms with E-state index in [9.17, 15) is 9.18 Å². The van der Waals surface area contributed by atoms with Gasteiger partial charge in [0.2, 0.25) is 0 Å². The molecule has 1 aromatic carbocycles. The Morgan fingerprint density at radius 1 is 1.24 bits per heavy atom. The van der Waals surface area contributed by atoms with Crippen molar-refractivity contribution < 1.29 is 4.39 Å². The molecule has 0 bridgehead atoms. The quantitative estimate of drug-likeness (QED) is 0.585. The number of hydrogen-bond donors (Lipinski definition) is 1. The summed E-state index contributed by atoms with van der Waals surface area (Å²) in [5.41, 5.74) is 4.15. The molecule has 0 aliphatic carbocycles. The van der Waals surface area contributed by atoms with Gasteiger partial charge in [-0.15, -0.1) is 0 Å². The Hall–Kier alpha value is -3.32. The van der Waals surface area contributed by atoms with Crippen molar-refractivity contribution in [2.75, 3.05) is 6.54 Å². The molecule has 0 atom stereocenters. The number of nitrogens with one attached hydrogen (secondary N) is 1. The van der Waals surface area contributed by atoms with Crippen LogP contribution in [0.15, 0.2) is 53.6 Å². The summed E-state index contributed by atoms with van der Waals surface area (Å²) < 4.78 is 15.8. The molecular weight excluding hydrogens is 369 g/mol. The van der Waals surface area contributed by atoms with Gasteiger partial charge in [0.25, 0.3) is 5.56 Å². The first-order valence-electron chi connectivity index (χ1n) is 9.58. The maximum atomic E-state index is 13.8. The Morgan fingerprint density at radius 3 is 2.97 bits per heavy atom. The lowest BCUT2D eigenvalue weighted by Gasteiger charge is -2.27. The molecule has 0 amide bonds. The van der Waals surface area contributed by atoms with Gasteiger partial charge in [-0.2, -0.15) is 0 Å². The normalized spacial score (nSPS) is 14.3. The number of benzene rings is 1. The Kier molecular flexibility index (Phi) is 4.24. The number of H-pyrrole nitrogens is 1. The van der Waals surface area contributed by atoms with Crippen LogP contribution in [-0.2, 0) is 26.6 Å². The summed E-state index contributed by atoms with van der Waals surface area (Å²) >= 11 is 0. The summed E-state index contributed by atoms with van der Waals surface area (Å²) in [6, 6.07) is 10.4. The van der Waals surface area contributed by atoms with Crippen molar-refractivity contribution in [1.82, 2.24) is 24.4 Å². The first kappa shape index (κ1) is 17.8. The largest absolute Gasteiger partial charge is 0.350 e. The molecule has 1 aliphatic rings. The van der Waals surface area contributed by atoms with Crippen LogP contribution in [0.4, 0.5) is 4.39 Å². The molecule has 29 heavy (non-hydrogen) atoms. The maximum absolute atomic E-state index is 13.8. The zero-order valence-corrected chi connectivity index (χ0v) is 16.0. The average Bonchev–Trinajstić information content (AvgIpc) is 3.03.